The van der Waals surface area contributed by atoms with Crippen LogP contribution in [0, 0.1) is 5.82 Å². The van der Waals surface area contributed by atoms with Gasteiger partial charge in [0.25, 0.3) is 5.91 Å². The summed E-state index contributed by atoms with van der Waals surface area (Å²) in [5, 5.41) is 7.18. The van der Waals surface area contributed by atoms with Gasteiger partial charge in [0, 0.05) is 49.4 Å². The third-order valence-electron chi connectivity index (χ3n) is 5.34. The molecule has 1 aliphatic heterocycles. The molecule has 1 amide bonds. The number of rotatable bonds is 4. The molecule has 5 nitrogen and oxygen atoms in total. The highest BCUT2D eigenvalue weighted by Gasteiger charge is 2.30. The first-order chi connectivity index (χ1) is 12.1. The molecule has 4 rings (SSSR count). The summed E-state index contributed by atoms with van der Waals surface area (Å²) in [5.74, 6) is 0.381. The van der Waals surface area contributed by atoms with Gasteiger partial charge in [-0.1, -0.05) is 18.2 Å². The van der Waals surface area contributed by atoms with Crippen LogP contribution in [0.25, 0.3) is 0 Å². The van der Waals surface area contributed by atoms with Crippen molar-refractivity contribution < 1.29 is 9.18 Å². The Hall–Kier alpha value is -2.21. The number of amides is 1. The first kappa shape index (κ1) is 16.3. The van der Waals surface area contributed by atoms with Crippen LogP contribution in [0.4, 0.5) is 4.39 Å². The van der Waals surface area contributed by atoms with E-state index in [0.717, 1.165) is 18.8 Å². The van der Waals surface area contributed by atoms with Crippen molar-refractivity contribution in [2.45, 2.75) is 31.7 Å². The minimum Gasteiger partial charge on any atom is -0.335 e. The highest BCUT2D eigenvalue weighted by Crippen LogP contribution is 2.39. The van der Waals surface area contributed by atoms with Crippen molar-refractivity contribution in [2.24, 2.45) is 0 Å². The molecule has 1 saturated heterocycles. The number of hydrogen-bond donors (Lipinski definition) is 1. The predicted octanol–water partition coefficient (Wildman–Crippen LogP) is 2.95. The van der Waals surface area contributed by atoms with Crippen molar-refractivity contribution in [1.29, 1.82) is 0 Å². The molecule has 2 heterocycles. The van der Waals surface area contributed by atoms with E-state index in [0.29, 0.717) is 30.3 Å². The molecule has 6 heteroatoms. The molecule has 2 fully saturated rings. The number of H-pyrrole nitrogens is 1. The van der Waals surface area contributed by atoms with E-state index in [9.17, 15) is 9.18 Å². The van der Waals surface area contributed by atoms with Crippen LogP contribution < -0.4 is 0 Å². The smallest absolute Gasteiger partial charge is 0.274 e. The number of aromatic amines is 1. The predicted molar refractivity (Wildman–Crippen MR) is 92.9 cm³/mol. The van der Waals surface area contributed by atoms with Crippen molar-refractivity contribution in [2.75, 3.05) is 26.2 Å². The third-order valence-corrected chi connectivity index (χ3v) is 5.34. The van der Waals surface area contributed by atoms with Gasteiger partial charge in [-0.25, -0.2) is 4.39 Å². The highest BCUT2D eigenvalue weighted by molar-refractivity contribution is 5.92. The van der Waals surface area contributed by atoms with Gasteiger partial charge in [0.05, 0.1) is 0 Å². The second kappa shape index (κ2) is 6.59. The average molecular weight is 342 g/mol. The molecule has 2 aliphatic rings. The van der Waals surface area contributed by atoms with Crippen LogP contribution in [0.15, 0.2) is 30.3 Å². The van der Waals surface area contributed by atoms with Crippen molar-refractivity contribution in [3.05, 3.63) is 53.1 Å². The third kappa shape index (κ3) is 3.31. The van der Waals surface area contributed by atoms with Gasteiger partial charge in [0.1, 0.15) is 11.5 Å². The molecule has 0 radical (unpaired) electrons. The second-order valence-corrected chi connectivity index (χ2v) is 7.01. The SMILES string of the molecule is CC(c1ccccc1F)N1CCN(C(=O)c2cc(C3CC3)[nH]n2)CC1. The summed E-state index contributed by atoms with van der Waals surface area (Å²) in [5.41, 5.74) is 2.30. The summed E-state index contributed by atoms with van der Waals surface area (Å²) < 4.78 is 14.0. The van der Waals surface area contributed by atoms with Crippen LogP contribution in [0.5, 0.6) is 0 Å². The molecule has 1 unspecified atom stereocenters. The number of piperazine rings is 1. The number of hydrogen-bond acceptors (Lipinski definition) is 3. The van der Waals surface area contributed by atoms with Crippen LogP contribution in [0.1, 0.15) is 53.5 Å². The van der Waals surface area contributed by atoms with E-state index in [2.05, 4.69) is 15.1 Å². The number of nitrogens with one attached hydrogen (secondary N) is 1. The lowest BCUT2D eigenvalue weighted by Crippen LogP contribution is -2.49. The maximum atomic E-state index is 14.0. The number of nitrogens with zero attached hydrogens (tertiary/aromatic N) is 3. The Bertz CT molecular complexity index is 762. The molecular formula is C19H23FN4O. The van der Waals surface area contributed by atoms with E-state index in [4.69, 9.17) is 0 Å². The number of halogens is 1. The summed E-state index contributed by atoms with van der Waals surface area (Å²) >= 11 is 0. The minimum absolute atomic E-state index is 0.00491. The lowest BCUT2D eigenvalue weighted by molar-refractivity contribution is 0.0573. The zero-order valence-corrected chi connectivity index (χ0v) is 14.4. The fraction of sp³-hybridized carbons (Fsp3) is 0.474. The van der Waals surface area contributed by atoms with Gasteiger partial charge in [0.15, 0.2) is 0 Å². The van der Waals surface area contributed by atoms with Gasteiger partial charge in [0.2, 0.25) is 0 Å². The zero-order valence-electron chi connectivity index (χ0n) is 14.4. The second-order valence-electron chi connectivity index (χ2n) is 7.01. The fourth-order valence-electron chi connectivity index (χ4n) is 3.53. The summed E-state index contributed by atoms with van der Waals surface area (Å²) in [7, 11) is 0. The standard InChI is InChI=1S/C19H23FN4O/c1-13(15-4-2-3-5-16(15)20)23-8-10-24(11-9-23)19(25)18-12-17(21-22-18)14-6-7-14/h2-5,12-14H,6-11H2,1H3,(H,21,22). The molecule has 1 atom stereocenters. The van der Waals surface area contributed by atoms with Crippen LogP contribution in [0.2, 0.25) is 0 Å². The number of carbonyl (C=O) groups excluding carboxylic acids is 1. The maximum Gasteiger partial charge on any atom is 0.274 e. The van der Waals surface area contributed by atoms with Crippen molar-refractivity contribution in [1.82, 2.24) is 20.0 Å². The topological polar surface area (TPSA) is 52.2 Å². The molecule has 1 aliphatic carbocycles. The summed E-state index contributed by atoms with van der Waals surface area (Å²) in [4.78, 5) is 16.7. The van der Waals surface area contributed by atoms with Crippen LogP contribution in [-0.2, 0) is 0 Å². The molecule has 1 aromatic carbocycles. The van der Waals surface area contributed by atoms with Gasteiger partial charge < -0.3 is 4.90 Å². The number of carbonyl (C=O) groups is 1. The minimum atomic E-state index is -0.169. The largest absolute Gasteiger partial charge is 0.335 e. The monoisotopic (exact) mass is 342 g/mol. The van der Waals surface area contributed by atoms with Gasteiger partial charge in [-0.2, -0.15) is 5.10 Å². The van der Waals surface area contributed by atoms with Gasteiger partial charge in [-0.05, 0) is 31.9 Å². The van der Waals surface area contributed by atoms with Crippen molar-refractivity contribution >= 4 is 5.91 Å². The molecule has 0 spiro atoms. The van der Waals surface area contributed by atoms with E-state index in [-0.39, 0.29) is 17.8 Å². The first-order valence-electron chi connectivity index (χ1n) is 8.96. The molecule has 132 valence electrons. The summed E-state index contributed by atoms with van der Waals surface area (Å²) in [6.07, 6.45) is 2.37. The van der Waals surface area contributed by atoms with Gasteiger partial charge in [-0.3, -0.25) is 14.8 Å². The summed E-state index contributed by atoms with van der Waals surface area (Å²) in [6, 6.07) is 8.81. The molecular weight excluding hydrogens is 319 g/mol. The van der Waals surface area contributed by atoms with E-state index in [1.807, 2.05) is 30.0 Å². The van der Waals surface area contributed by atoms with E-state index < -0.39 is 0 Å². The van der Waals surface area contributed by atoms with E-state index >= 15 is 0 Å². The van der Waals surface area contributed by atoms with Crippen molar-refractivity contribution in [3.63, 3.8) is 0 Å². The number of benzene rings is 1. The zero-order chi connectivity index (χ0) is 17.4. The average Bonchev–Trinajstić information content (AvgIpc) is 3.38. The van der Waals surface area contributed by atoms with E-state index in [1.54, 1.807) is 6.07 Å². The Balaban J connectivity index is 1.37. The Morgan fingerprint density at radius 2 is 1.96 bits per heavy atom. The molecule has 2 aromatic rings. The Morgan fingerprint density at radius 1 is 1.24 bits per heavy atom. The lowest BCUT2D eigenvalue weighted by Gasteiger charge is -2.38. The molecule has 1 saturated carbocycles. The lowest BCUT2D eigenvalue weighted by atomic mass is 10.1. The normalized spacial score (nSPS) is 19.8. The molecule has 1 N–H and O–H groups in total. The first-order valence-corrected chi connectivity index (χ1v) is 8.96. The highest BCUT2D eigenvalue weighted by atomic mass is 19.1. The molecule has 0 bridgehead atoms. The molecule has 1 aromatic heterocycles. The molecule has 25 heavy (non-hydrogen) atoms. The fourth-order valence-corrected chi connectivity index (χ4v) is 3.53. The van der Waals surface area contributed by atoms with Crippen LogP contribution in [0.3, 0.4) is 0 Å². The summed E-state index contributed by atoms with van der Waals surface area (Å²) in [6.45, 7) is 4.78. The Morgan fingerprint density at radius 3 is 2.64 bits per heavy atom. The van der Waals surface area contributed by atoms with E-state index in [1.165, 1.54) is 18.9 Å². The quantitative estimate of drug-likeness (QED) is 0.929. The Kier molecular flexibility index (Phi) is 4.29. The van der Waals surface area contributed by atoms with Crippen LogP contribution in [-0.4, -0.2) is 52.1 Å². The maximum absolute atomic E-state index is 14.0. The van der Waals surface area contributed by atoms with Gasteiger partial charge >= 0.3 is 0 Å². The van der Waals surface area contributed by atoms with Crippen molar-refractivity contribution in [3.8, 4) is 0 Å². The van der Waals surface area contributed by atoms with Gasteiger partial charge in [-0.15, -0.1) is 0 Å². The Labute approximate surface area is 146 Å². The van der Waals surface area contributed by atoms with Crippen LogP contribution >= 0.6 is 0 Å². The number of aromatic nitrogens is 2.